The van der Waals surface area contributed by atoms with Gasteiger partial charge >= 0.3 is 0 Å². The van der Waals surface area contributed by atoms with E-state index in [9.17, 15) is 5.11 Å². The fourth-order valence-electron chi connectivity index (χ4n) is 3.85. The van der Waals surface area contributed by atoms with Crippen LogP contribution in [0.4, 0.5) is 0 Å². The van der Waals surface area contributed by atoms with Crippen LogP contribution in [0, 0.1) is 11.3 Å². The Morgan fingerprint density at radius 1 is 1.32 bits per heavy atom. The van der Waals surface area contributed by atoms with E-state index in [4.69, 9.17) is 0 Å². The van der Waals surface area contributed by atoms with Crippen molar-refractivity contribution in [1.82, 2.24) is 9.55 Å². The van der Waals surface area contributed by atoms with E-state index in [0.717, 1.165) is 6.42 Å². The molecule has 1 saturated carbocycles. The molecule has 98 valence electrons. The van der Waals surface area contributed by atoms with E-state index < -0.39 is 0 Å². The molecule has 0 amide bonds. The van der Waals surface area contributed by atoms with Crippen molar-refractivity contribution >= 4 is 0 Å². The zero-order chi connectivity index (χ0) is 13.2. The number of fused-ring (bicyclic) bond motifs is 3. The van der Waals surface area contributed by atoms with Gasteiger partial charge in [-0.2, -0.15) is 0 Å². The minimum atomic E-state index is -0.237. The molecule has 1 aromatic heterocycles. The third kappa shape index (κ3) is 1.34. The molecule has 2 aromatic rings. The van der Waals surface area contributed by atoms with E-state index in [-0.39, 0.29) is 17.6 Å². The largest absolute Gasteiger partial charge is 0.392 e. The summed E-state index contributed by atoms with van der Waals surface area (Å²) in [6.45, 7) is 4.29. The minimum Gasteiger partial charge on any atom is -0.392 e. The van der Waals surface area contributed by atoms with Gasteiger partial charge in [0, 0.05) is 11.5 Å². The number of aliphatic hydroxyl groups is 1. The van der Waals surface area contributed by atoms with E-state index in [0.29, 0.717) is 5.92 Å². The summed E-state index contributed by atoms with van der Waals surface area (Å²) in [7, 11) is 0. The Bertz CT molecular complexity index is 644. The number of hydrogen-bond acceptors (Lipinski definition) is 2. The third-order valence-electron chi connectivity index (χ3n) is 4.89. The molecule has 3 nitrogen and oxygen atoms in total. The molecule has 1 aromatic carbocycles. The summed E-state index contributed by atoms with van der Waals surface area (Å²) < 4.78 is 2.23. The van der Waals surface area contributed by atoms with Crippen LogP contribution in [0.25, 0.3) is 11.3 Å². The SMILES string of the molecule is CC1(C)C[C@@H]([C@@H]2c3ccccc3-c3cncn32)[C@@H]1O. The summed E-state index contributed by atoms with van der Waals surface area (Å²) in [5.41, 5.74) is 3.82. The van der Waals surface area contributed by atoms with E-state index in [1.54, 1.807) is 0 Å². The second-order valence-corrected chi connectivity index (χ2v) is 6.52. The summed E-state index contributed by atoms with van der Waals surface area (Å²) in [5.74, 6) is 0.298. The quantitative estimate of drug-likeness (QED) is 0.849. The van der Waals surface area contributed by atoms with Gasteiger partial charge in [-0.15, -0.1) is 0 Å². The summed E-state index contributed by atoms with van der Waals surface area (Å²) in [6.07, 6.45) is 4.65. The van der Waals surface area contributed by atoms with Crippen LogP contribution in [-0.2, 0) is 0 Å². The predicted octanol–water partition coefficient (Wildman–Crippen LogP) is 2.86. The number of benzene rings is 1. The lowest BCUT2D eigenvalue weighted by Gasteiger charge is -2.51. The zero-order valence-electron chi connectivity index (χ0n) is 11.2. The summed E-state index contributed by atoms with van der Waals surface area (Å²) >= 11 is 0. The van der Waals surface area contributed by atoms with E-state index in [1.807, 2.05) is 12.5 Å². The van der Waals surface area contributed by atoms with Crippen LogP contribution in [0.15, 0.2) is 36.8 Å². The maximum Gasteiger partial charge on any atom is 0.0956 e. The second kappa shape index (κ2) is 3.48. The molecule has 19 heavy (non-hydrogen) atoms. The lowest BCUT2D eigenvalue weighted by Crippen LogP contribution is -2.51. The highest BCUT2D eigenvalue weighted by atomic mass is 16.3. The molecule has 1 fully saturated rings. The van der Waals surface area contributed by atoms with Gasteiger partial charge < -0.3 is 9.67 Å². The summed E-state index contributed by atoms with van der Waals surface area (Å²) in [4.78, 5) is 4.28. The van der Waals surface area contributed by atoms with E-state index in [2.05, 4.69) is 47.7 Å². The van der Waals surface area contributed by atoms with Crippen LogP contribution >= 0.6 is 0 Å². The van der Waals surface area contributed by atoms with Crippen LogP contribution in [0.1, 0.15) is 31.9 Å². The molecule has 2 aliphatic rings. The molecule has 1 aliphatic heterocycles. The number of rotatable bonds is 1. The fraction of sp³-hybridized carbons (Fsp3) is 0.438. The van der Waals surface area contributed by atoms with Gasteiger partial charge in [0.15, 0.2) is 0 Å². The molecule has 3 atom stereocenters. The van der Waals surface area contributed by atoms with Crippen LogP contribution in [0.2, 0.25) is 0 Å². The number of hydrogen-bond donors (Lipinski definition) is 1. The van der Waals surface area contributed by atoms with Crippen molar-refractivity contribution in [2.45, 2.75) is 32.4 Å². The van der Waals surface area contributed by atoms with Crippen LogP contribution in [-0.4, -0.2) is 20.8 Å². The van der Waals surface area contributed by atoms with Crippen molar-refractivity contribution in [3.05, 3.63) is 42.4 Å². The first-order valence-electron chi connectivity index (χ1n) is 6.89. The molecule has 0 unspecified atom stereocenters. The van der Waals surface area contributed by atoms with Gasteiger partial charge in [-0.3, -0.25) is 0 Å². The topological polar surface area (TPSA) is 38.0 Å². The van der Waals surface area contributed by atoms with Gasteiger partial charge in [0.2, 0.25) is 0 Å². The maximum absolute atomic E-state index is 10.5. The average Bonchev–Trinajstić information content (AvgIpc) is 2.96. The Hall–Kier alpha value is -1.61. The molecule has 1 aliphatic carbocycles. The average molecular weight is 254 g/mol. The monoisotopic (exact) mass is 254 g/mol. The first-order chi connectivity index (χ1) is 9.09. The van der Waals surface area contributed by atoms with Gasteiger partial charge in [-0.05, 0) is 17.4 Å². The van der Waals surface area contributed by atoms with Gasteiger partial charge in [0.25, 0.3) is 0 Å². The highest BCUT2D eigenvalue weighted by molar-refractivity contribution is 5.69. The lowest BCUT2D eigenvalue weighted by atomic mass is 9.58. The molecule has 0 radical (unpaired) electrons. The Labute approximate surface area is 112 Å². The Balaban J connectivity index is 1.82. The van der Waals surface area contributed by atoms with E-state index in [1.165, 1.54) is 16.8 Å². The van der Waals surface area contributed by atoms with Gasteiger partial charge in [-0.1, -0.05) is 38.1 Å². The standard InChI is InChI=1S/C16H18N2O/c1-16(2)7-12(15(16)19)14-11-6-4-3-5-10(11)13-8-17-9-18(13)14/h3-6,8-9,12,14-15,19H,7H2,1-2H3/t12-,14-,15-/m0/s1. The molecule has 0 spiro atoms. The van der Waals surface area contributed by atoms with Crippen LogP contribution < -0.4 is 0 Å². The third-order valence-corrected chi connectivity index (χ3v) is 4.89. The van der Waals surface area contributed by atoms with Crippen molar-refractivity contribution < 1.29 is 5.11 Å². The zero-order valence-corrected chi connectivity index (χ0v) is 11.2. The van der Waals surface area contributed by atoms with Crippen molar-refractivity contribution in [1.29, 1.82) is 0 Å². The van der Waals surface area contributed by atoms with E-state index >= 15 is 0 Å². The van der Waals surface area contributed by atoms with Crippen LogP contribution in [0.5, 0.6) is 0 Å². The van der Waals surface area contributed by atoms with Crippen molar-refractivity contribution in [2.75, 3.05) is 0 Å². The molecule has 2 heterocycles. The summed E-state index contributed by atoms with van der Waals surface area (Å²) in [5, 5.41) is 10.5. The molecular weight excluding hydrogens is 236 g/mol. The molecular formula is C16H18N2O. The molecule has 3 heteroatoms. The molecule has 0 saturated heterocycles. The molecule has 0 bridgehead atoms. The normalized spacial score (nSPS) is 30.6. The van der Waals surface area contributed by atoms with Crippen molar-refractivity contribution in [2.24, 2.45) is 11.3 Å². The Kier molecular flexibility index (Phi) is 2.06. The summed E-state index contributed by atoms with van der Waals surface area (Å²) in [6, 6.07) is 8.74. The molecule has 4 rings (SSSR count). The van der Waals surface area contributed by atoms with Gasteiger partial charge in [0.05, 0.1) is 30.4 Å². The number of nitrogens with zero attached hydrogens (tertiary/aromatic N) is 2. The number of imidazole rings is 1. The smallest absolute Gasteiger partial charge is 0.0956 e. The van der Waals surface area contributed by atoms with Gasteiger partial charge in [-0.25, -0.2) is 4.98 Å². The first-order valence-corrected chi connectivity index (χ1v) is 6.89. The number of aliphatic hydroxyl groups excluding tert-OH is 1. The lowest BCUT2D eigenvalue weighted by molar-refractivity contribution is -0.112. The van der Waals surface area contributed by atoms with Crippen molar-refractivity contribution in [3.8, 4) is 11.3 Å². The highest BCUT2D eigenvalue weighted by Gasteiger charge is 2.52. The Morgan fingerprint density at radius 2 is 2.11 bits per heavy atom. The fourth-order valence-corrected chi connectivity index (χ4v) is 3.85. The van der Waals surface area contributed by atoms with Crippen molar-refractivity contribution in [3.63, 3.8) is 0 Å². The Morgan fingerprint density at radius 3 is 2.84 bits per heavy atom. The van der Waals surface area contributed by atoms with Gasteiger partial charge in [0.1, 0.15) is 0 Å². The van der Waals surface area contributed by atoms with Crippen LogP contribution in [0.3, 0.4) is 0 Å². The second-order valence-electron chi connectivity index (χ2n) is 6.52. The minimum absolute atomic E-state index is 0.0446. The predicted molar refractivity (Wildman–Crippen MR) is 73.7 cm³/mol. The highest BCUT2D eigenvalue weighted by Crippen LogP contribution is 2.55. The number of aromatic nitrogens is 2. The molecule has 1 N–H and O–H groups in total. The maximum atomic E-state index is 10.5. The first kappa shape index (κ1) is 11.2.